The Morgan fingerprint density at radius 2 is 2.05 bits per heavy atom. The van der Waals surface area contributed by atoms with Crippen LogP contribution in [-0.2, 0) is 16.3 Å². The summed E-state index contributed by atoms with van der Waals surface area (Å²) in [6.45, 7) is 4.15. The lowest BCUT2D eigenvalue weighted by Gasteiger charge is -2.23. The molecule has 0 saturated carbocycles. The summed E-state index contributed by atoms with van der Waals surface area (Å²) in [7, 11) is -3.18. The molecule has 0 aliphatic carbocycles. The van der Waals surface area contributed by atoms with E-state index in [2.05, 4.69) is 5.32 Å². The smallest absolute Gasteiger partial charge is 0.151 e. The second-order valence-corrected chi connectivity index (χ2v) is 7.48. The first-order chi connectivity index (χ1) is 8.75. The van der Waals surface area contributed by atoms with Crippen LogP contribution in [0.15, 0.2) is 18.2 Å². The molecular weight excluding hydrogens is 289 g/mol. The Kier molecular flexibility index (Phi) is 5.77. The van der Waals surface area contributed by atoms with Crippen LogP contribution in [0, 0.1) is 5.82 Å². The molecule has 3 nitrogen and oxygen atoms in total. The molecule has 0 aliphatic heterocycles. The lowest BCUT2D eigenvalue weighted by atomic mass is 10.0. The molecule has 2 unspecified atom stereocenters. The third-order valence-electron chi connectivity index (χ3n) is 3.16. The highest BCUT2D eigenvalue weighted by Gasteiger charge is 2.26. The molecule has 1 rings (SSSR count). The lowest BCUT2D eigenvalue weighted by Crippen LogP contribution is -2.43. The Bertz CT molecular complexity index is 533. The zero-order valence-corrected chi connectivity index (χ0v) is 12.9. The predicted octanol–water partition coefficient (Wildman–Crippen LogP) is 2.43. The van der Waals surface area contributed by atoms with Gasteiger partial charge in [-0.1, -0.05) is 24.6 Å². The van der Waals surface area contributed by atoms with E-state index in [4.69, 9.17) is 11.6 Å². The van der Waals surface area contributed by atoms with Crippen LogP contribution < -0.4 is 5.32 Å². The predicted molar refractivity (Wildman–Crippen MR) is 76.9 cm³/mol. The Labute approximate surface area is 119 Å². The van der Waals surface area contributed by atoms with Gasteiger partial charge in [0.15, 0.2) is 9.84 Å². The van der Waals surface area contributed by atoms with Crippen LogP contribution in [-0.4, -0.2) is 32.5 Å². The van der Waals surface area contributed by atoms with Crippen LogP contribution in [0.2, 0.25) is 5.02 Å². The van der Waals surface area contributed by atoms with Gasteiger partial charge in [-0.25, -0.2) is 12.8 Å². The third kappa shape index (κ3) is 4.75. The van der Waals surface area contributed by atoms with E-state index in [0.717, 1.165) is 0 Å². The molecule has 0 aliphatic rings. The van der Waals surface area contributed by atoms with Gasteiger partial charge in [0.25, 0.3) is 0 Å². The summed E-state index contributed by atoms with van der Waals surface area (Å²) in [5.41, 5.74) is 0.464. The number of nitrogens with one attached hydrogen (secondary N) is 1. The van der Waals surface area contributed by atoms with Gasteiger partial charge in [0.1, 0.15) is 5.82 Å². The van der Waals surface area contributed by atoms with Gasteiger partial charge in [-0.15, -0.1) is 0 Å². The summed E-state index contributed by atoms with van der Waals surface area (Å²) in [6.07, 6.45) is 1.51. The number of hydrogen-bond donors (Lipinski definition) is 1. The van der Waals surface area contributed by atoms with Crippen molar-refractivity contribution >= 4 is 21.4 Å². The molecule has 0 spiro atoms. The van der Waals surface area contributed by atoms with Crippen molar-refractivity contribution in [2.24, 2.45) is 0 Å². The van der Waals surface area contributed by atoms with Crippen molar-refractivity contribution in [2.75, 3.05) is 12.8 Å². The van der Waals surface area contributed by atoms with Crippen LogP contribution in [0.1, 0.15) is 19.4 Å². The first-order valence-electron chi connectivity index (χ1n) is 6.12. The van der Waals surface area contributed by atoms with E-state index in [1.165, 1.54) is 12.3 Å². The van der Waals surface area contributed by atoms with Crippen molar-refractivity contribution in [2.45, 2.75) is 31.6 Å². The second kappa shape index (κ2) is 6.68. The van der Waals surface area contributed by atoms with Crippen LogP contribution in [0.5, 0.6) is 0 Å². The fourth-order valence-corrected chi connectivity index (χ4v) is 2.84. The van der Waals surface area contributed by atoms with Crippen molar-refractivity contribution in [3.63, 3.8) is 0 Å². The number of sulfone groups is 1. The largest absolute Gasteiger partial charge is 0.313 e. The Balaban J connectivity index is 2.96. The average Bonchev–Trinajstić information content (AvgIpc) is 2.29. The van der Waals surface area contributed by atoms with Gasteiger partial charge in [0, 0.05) is 17.3 Å². The minimum atomic E-state index is -3.18. The van der Waals surface area contributed by atoms with Crippen molar-refractivity contribution in [1.82, 2.24) is 5.32 Å². The standard InChI is InChI=1S/C13H19ClFNO2S/c1-4-16-13(9(2)19(3,17)18)7-10-5-6-11(14)8-12(10)15/h5-6,8-9,13,16H,4,7H2,1-3H3. The minimum absolute atomic E-state index is 0.311. The van der Waals surface area contributed by atoms with Crippen molar-refractivity contribution < 1.29 is 12.8 Å². The molecule has 0 bridgehead atoms. The van der Waals surface area contributed by atoms with E-state index in [0.29, 0.717) is 23.6 Å². The van der Waals surface area contributed by atoms with Gasteiger partial charge >= 0.3 is 0 Å². The maximum atomic E-state index is 13.7. The highest BCUT2D eigenvalue weighted by Crippen LogP contribution is 2.18. The Hall–Kier alpha value is -0.650. The maximum absolute atomic E-state index is 13.7. The molecule has 2 atom stereocenters. The minimum Gasteiger partial charge on any atom is -0.313 e. The van der Waals surface area contributed by atoms with Gasteiger partial charge < -0.3 is 5.32 Å². The van der Waals surface area contributed by atoms with Crippen molar-refractivity contribution in [1.29, 1.82) is 0 Å². The van der Waals surface area contributed by atoms with E-state index >= 15 is 0 Å². The molecule has 0 radical (unpaired) electrons. The fraction of sp³-hybridized carbons (Fsp3) is 0.538. The maximum Gasteiger partial charge on any atom is 0.151 e. The van der Waals surface area contributed by atoms with Crippen LogP contribution in [0.4, 0.5) is 4.39 Å². The zero-order chi connectivity index (χ0) is 14.6. The summed E-state index contributed by atoms with van der Waals surface area (Å²) in [4.78, 5) is 0. The molecule has 0 aromatic heterocycles. The third-order valence-corrected chi connectivity index (χ3v) is 5.08. The van der Waals surface area contributed by atoms with Crippen molar-refractivity contribution in [3.05, 3.63) is 34.6 Å². The Morgan fingerprint density at radius 1 is 1.42 bits per heavy atom. The quantitative estimate of drug-likeness (QED) is 0.878. The summed E-state index contributed by atoms with van der Waals surface area (Å²) >= 11 is 5.70. The monoisotopic (exact) mass is 307 g/mol. The summed E-state index contributed by atoms with van der Waals surface area (Å²) in [5.74, 6) is -0.406. The molecule has 0 saturated heterocycles. The summed E-state index contributed by atoms with van der Waals surface area (Å²) < 4.78 is 37.0. The van der Waals surface area contributed by atoms with Crippen LogP contribution in [0.3, 0.4) is 0 Å². The van der Waals surface area contributed by atoms with Gasteiger partial charge in [0.2, 0.25) is 0 Å². The van der Waals surface area contributed by atoms with Crippen molar-refractivity contribution in [3.8, 4) is 0 Å². The first-order valence-corrected chi connectivity index (χ1v) is 8.45. The molecule has 1 aromatic carbocycles. The summed E-state index contributed by atoms with van der Waals surface area (Å²) in [6, 6.07) is 4.12. The van der Waals surface area contributed by atoms with Gasteiger partial charge in [-0.3, -0.25) is 0 Å². The molecule has 0 heterocycles. The van der Waals surface area contributed by atoms with E-state index in [9.17, 15) is 12.8 Å². The topological polar surface area (TPSA) is 46.2 Å². The Morgan fingerprint density at radius 3 is 2.53 bits per heavy atom. The molecule has 6 heteroatoms. The highest BCUT2D eigenvalue weighted by atomic mass is 35.5. The van der Waals surface area contributed by atoms with E-state index in [-0.39, 0.29) is 6.04 Å². The van der Waals surface area contributed by atoms with Crippen LogP contribution >= 0.6 is 11.6 Å². The van der Waals surface area contributed by atoms with Gasteiger partial charge in [0.05, 0.1) is 5.25 Å². The molecule has 1 aromatic rings. The van der Waals surface area contributed by atoms with Gasteiger partial charge in [-0.2, -0.15) is 0 Å². The first kappa shape index (κ1) is 16.4. The number of likely N-dealkylation sites (N-methyl/N-ethyl adjacent to an activating group) is 1. The normalized spacial score (nSPS) is 15.2. The molecule has 108 valence electrons. The number of halogens is 2. The number of benzene rings is 1. The summed E-state index contributed by atoms with van der Waals surface area (Å²) in [5, 5.41) is 2.85. The average molecular weight is 308 g/mol. The number of rotatable bonds is 6. The van der Waals surface area contributed by atoms with E-state index in [1.807, 2.05) is 6.92 Å². The fourth-order valence-electron chi connectivity index (χ4n) is 1.89. The number of hydrogen-bond acceptors (Lipinski definition) is 3. The van der Waals surface area contributed by atoms with E-state index < -0.39 is 20.9 Å². The highest BCUT2D eigenvalue weighted by molar-refractivity contribution is 7.91. The van der Waals surface area contributed by atoms with E-state index in [1.54, 1.807) is 19.1 Å². The van der Waals surface area contributed by atoms with Gasteiger partial charge in [-0.05, 0) is 37.6 Å². The molecule has 19 heavy (non-hydrogen) atoms. The molecule has 0 amide bonds. The zero-order valence-electron chi connectivity index (χ0n) is 11.3. The molecule has 0 fully saturated rings. The second-order valence-electron chi connectivity index (χ2n) is 4.64. The lowest BCUT2D eigenvalue weighted by molar-refractivity contribution is 0.484. The van der Waals surface area contributed by atoms with Crippen LogP contribution in [0.25, 0.3) is 0 Å². The molecular formula is C13H19ClFNO2S. The molecule has 1 N–H and O–H groups in total. The SMILES string of the molecule is CCNC(Cc1ccc(Cl)cc1F)C(C)S(C)(=O)=O.